The van der Waals surface area contributed by atoms with E-state index >= 15 is 0 Å². The highest BCUT2D eigenvalue weighted by Gasteiger charge is 2.06. The van der Waals surface area contributed by atoms with Crippen molar-refractivity contribution in [1.82, 2.24) is 20.2 Å². The SMILES string of the molecule is CN=C(NCCn1ccnc1)NCC(C)c1ccsc1. The van der Waals surface area contributed by atoms with Crippen LogP contribution >= 0.6 is 11.3 Å². The Morgan fingerprint density at radius 3 is 3.05 bits per heavy atom. The van der Waals surface area contributed by atoms with E-state index in [1.807, 2.05) is 17.1 Å². The number of nitrogens with zero attached hydrogens (tertiary/aromatic N) is 3. The Morgan fingerprint density at radius 2 is 2.40 bits per heavy atom. The van der Waals surface area contributed by atoms with E-state index in [2.05, 4.69) is 44.4 Å². The molecule has 108 valence electrons. The van der Waals surface area contributed by atoms with Crippen molar-refractivity contribution in [3.05, 3.63) is 41.1 Å². The normalized spacial score (nSPS) is 13.2. The summed E-state index contributed by atoms with van der Waals surface area (Å²) in [5, 5.41) is 11.0. The van der Waals surface area contributed by atoms with Crippen LogP contribution in [0.4, 0.5) is 0 Å². The molecule has 20 heavy (non-hydrogen) atoms. The second-order valence-corrected chi connectivity index (χ2v) is 5.42. The average molecular weight is 291 g/mol. The summed E-state index contributed by atoms with van der Waals surface area (Å²) in [6.45, 7) is 4.79. The molecule has 2 aromatic rings. The fourth-order valence-corrected chi connectivity index (χ4v) is 2.65. The molecule has 1 unspecified atom stereocenters. The maximum Gasteiger partial charge on any atom is 0.191 e. The Bertz CT molecular complexity index is 504. The monoisotopic (exact) mass is 291 g/mol. The molecule has 2 rings (SSSR count). The molecule has 0 radical (unpaired) electrons. The van der Waals surface area contributed by atoms with Crippen molar-refractivity contribution < 1.29 is 0 Å². The zero-order chi connectivity index (χ0) is 14.2. The topological polar surface area (TPSA) is 54.2 Å². The quantitative estimate of drug-likeness (QED) is 0.631. The highest BCUT2D eigenvalue weighted by atomic mass is 32.1. The summed E-state index contributed by atoms with van der Waals surface area (Å²) in [5.74, 6) is 1.32. The van der Waals surface area contributed by atoms with E-state index in [-0.39, 0.29) is 0 Å². The van der Waals surface area contributed by atoms with Gasteiger partial charge in [0.05, 0.1) is 6.33 Å². The number of aliphatic imine (C=N–C) groups is 1. The van der Waals surface area contributed by atoms with Crippen molar-refractivity contribution in [3.8, 4) is 0 Å². The van der Waals surface area contributed by atoms with E-state index in [4.69, 9.17) is 0 Å². The van der Waals surface area contributed by atoms with Gasteiger partial charge in [-0.2, -0.15) is 11.3 Å². The third kappa shape index (κ3) is 4.38. The smallest absolute Gasteiger partial charge is 0.191 e. The summed E-state index contributed by atoms with van der Waals surface area (Å²) >= 11 is 1.74. The number of guanidine groups is 1. The molecule has 0 saturated heterocycles. The van der Waals surface area contributed by atoms with Crippen LogP contribution < -0.4 is 10.6 Å². The van der Waals surface area contributed by atoms with Gasteiger partial charge >= 0.3 is 0 Å². The predicted octanol–water partition coefficient (Wildman–Crippen LogP) is 1.91. The van der Waals surface area contributed by atoms with E-state index in [1.54, 1.807) is 24.6 Å². The maximum absolute atomic E-state index is 4.23. The largest absolute Gasteiger partial charge is 0.356 e. The lowest BCUT2D eigenvalue weighted by molar-refractivity contribution is 0.650. The van der Waals surface area contributed by atoms with E-state index in [9.17, 15) is 0 Å². The van der Waals surface area contributed by atoms with Gasteiger partial charge in [0, 0.05) is 39.1 Å². The molecule has 0 fully saturated rings. The Kier molecular flexibility index (Phi) is 5.61. The summed E-state index contributed by atoms with van der Waals surface area (Å²) in [7, 11) is 1.79. The standard InChI is InChI=1S/C14H21N5S/c1-12(13-3-8-20-10-13)9-18-14(15-2)17-5-7-19-6-4-16-11-19/h3-4,6,8,10-12H,5,7,9H2,1-2H3,(H2,15,17,18). The van der Waals surface area contributed by atoms with Crippen LogP contribution in [0.2, 0.25) is 0 Å². The van der Waals surface area contributed by atoms with Gasteiger partial charge in [-0.1, -0.05) is 6.92 Å². The van der Waals surface area contributed by atoms with Crippen LogP contribution in [0, 0.1) is 0 Å². The molecule has 2 aromatic heterocycles. The molecule has 0 aromatic carbocycles. The van der Waals surface area contributed by atoms with Crippen LogP contribution in [-0.4, -0.2) is 35.6 Å². The van der Waals surface area contributed by atoms with Gasteiger partial charge in [-0.15, -0.1) is 0 Å². The van der Waals surface area contributed by atoms with Gasteiger partial charge in [-0.25, -0.2) is 4.98 Å². The van der Waals surface area contributed by atoms with E-state index in [1.165, 1.54) is 5.56 Å². The molecule has 0 spiro atoms. The maximum atomic E-state index is 4.23. The summed E-state index contributed by atoms with van der Waals surface area (Å²) in [6.07, 6.45) is 5.56. The van der Waals surface area contributed by atoms with Gasteiger partial charge in [0.15, 0.2) is 5.96 Å². The number of thiophene rings is 1. The molecule has 5 nitrogen and oxygen atoms in total. The second kappa shape index (κ2) is 7.69. The number of nitrogens with one attached hydrogen (secondary N) is 2. The zero-order valence-electron chi connectivity index (χ0n) is 11.9. The number of rotatable bonds is 6. The van der Waals surface area contributed by atoms with Crippen molar-refractivity contribution >= 4 is 17.3 Å². The average Bonchev–Trinajstić information content (AvgIpc) is 3.14. The minimum absolute atomic E-state index is 0.480. The van der Waals surface area contributed by atoms with Crippen molar-refractivity contribution in [2.75, 3.05) is 20.1 Å². The number of hydrogen-bond donors (Lipinski definition) is 2. The molecule has 2 N–H and O–H groups in total. The molecular formula is C14H21N5S. The highest BCUT2D eigenvalue weighted by molar-refractivity contribution is 7.07. The fraction of sp³-hybridized carbons (Fsp3) is 0.429. The summed E-state index contributed by atoms with van der Waals surface area (Å²) in [4.78, 5) is 8.25. The summed E-state index contributed by atoms with van der Waals surface area (Å²) < 4.78 is 2.04. The first-order valence-electron chi connectivity index (χ1n) is 6.72. The lowest BCUT2D eigenvalue weighted by atomic mass is 10.1. The van der Waals surface area contributed by atoms with Gasteiger partial charge in [0.2, 0.25) is 0 Å². The predicted molar refractivity (Wildman–Crippen MR) is 84.3 cm³/mol. The van der Waals surface area contributed by atoms with Gasteiger partial charge in [-0.3, -0.25) is 4.99 Å². The van der Waals surface area contributed by atoms with Gasteiger partial charge < -0.3 is 15.2 Å². The Balaban J connectivity index is 1.70. The van der Waals surface area contributed by atoms with Crippen LogP contribution in [0.3, 0.4) is 0 Å². The molecule has 0 saturated carbocycles. The summed E-state index contributed by atoms with van der Waals surface area (Å²) in [6, 6.07) is 2.17. The third-order valence-electron chi connectivity index (χ3n) is 3.13. The van der Waals surface area contributed by atoms with Crippen molar-refractivity contribution in [2.24, 2.45) is 4.99 Å². The highest BCUT2D eigenvalue weighted by Crippen LogP contribution is 2.16. The third-order valence-corrected chi connectivity index (χ3v) is 3.83. The van der Waals surface area contributed by atoms with Gasteiger partial charge in [0.25, 0.3) is 0 Å². The van der Waals surface area contributed by atoms with Crippen LogP contribution in [0.15, 0.2) is 40.5 Å². The van der Waals surface area contributed by atoms with Crippen LogP contribution in [0.5, 0.6) is 0 Å². The first kappa shape index (κ1) is 14.6. The fourth-order valence-electron chi connectivity index (χ4n) is 1.87. The zero-order valence-corrected chi connectivity index (χ0v) is 12.7. The lowest BCUT2D eigenvalue weighted by Gasteiger charge is -2.15. The Hall–Kier alpha value is -1.82. The molecule has 0 bridgehead atoms. The van der Waals surface area contributed by atoms with Crippen LogP contribution in [0.1, 0.15) is 18.4 Å². The van der Waals surface area contributed by atoms with E-state index < -0.39 is 0 Å². The molecule has 2 heterocycles. The first-order chi connectivity index (χ1) is 9.79. The molecule has 0 aliphatic heterocycles. The van der Waals surface area contributed by atoms with Crippen molar-refractivity contribution in [2.45, 2.75) is 19.4 Å². The molecule has 0 amide bonds. The van der Waals surface area contributed by atoms with Gasteiger partial charge in [0.1, 0.15) is 0 Å². The lowest BCUT2D eigenvalue weighted by Crippen LogP contribution is -2.40. The Labute approximate surface area is 123 Å². The Morgan fingerprint density at radius 1 is 1.50 bits per heavy atom. The molecule has 0 aliphatic rings. The molecule has 0 aliphatic carbocycles. The minimum atomic E-state index is 0.480. The van der Waals surface area contributed by atoms with Crippen molar-refractivity contribution in [1.29, 1.82) is 0 Å². The van der Waals surface area contributed by atoms with Gasteiger partial charge in [-0.05, 0) is 28.3 Å². The van der Waals surface area contributed by atoms with E-state index in [0.29, 0.717) is 5.92 Å². The van der Waals surface area contributed by atoms with Crippen molar-refractivity contribution in [3.63, 3.8) is 0 Å². The molecular weight excluding hydrogens is 270 g/mol. The van der Waals surface area contributed by atoms with Crippen LogP contribution in [-0.2, 0) is 6.54 Å². The number of hydrogen-bond acceptors (Lipinski definition) is 3. The van der Waals surface area contributed by atoms with E-state index in [0.717, 1.165) is 25.6 Å². The first-order valence-corrected chi connectivity index (χ1v) is 7.66. The minimum Gasteiger partial charge on any atom is -0.356 e. The number of aromatic nitrogens is 2. The number of imidazole rings is 1. The van der Waals surface area contributed by atoms with Crippen LogP contribution in [0.25, 0.3) is 0 Å². The molecule has 1 atom stereocenters. The summed E-state index contributed by atoms with van der Waals surface area (Å²) in [5.41, 5.74) is 1.37. The molecule has 6 heteroatoms. The second-order valence-electron chi connectivity index (χ2n) is 4.64.